The summed E-state index contributed by atoms with van der Waals surface area (Å²) >= 11 is 0. The highest BCUT2D eigenvalue weighted by atomic mass is 16.2. The zero-order chi connectivity index (χ0) is 18.3. The first-order valence-corrected chi connectivity index (χ1v) is 8.91. The number of fused-ring (bicyclic) bond motifs is 1. The number of carbonyl (C=O) groups is 2. The van der Waals surface area contributed by atoms with Crippen LogP contribution in [0.1, 0.15) is 34.6 Å². The van der Waals surface area contributed by atoms with Crippen molar-refractivity contribution in [2.24, 2.45) is 13.0 Å². The van der Waals surface area contributed by atoms with E-state index in [4.69, 9.17) is 0 Å². The second kappa shape index (κ2) is 6.44. The van der Waals surface area contributed by atoms with Crippen molar-refractivity contribution in [3.63, 3.8) is 0 Å². The van der Waals surface area contributed by atoms with Gasteiger partial charge in [0.2, 0.25) is 5.91 Å². The van der Waals surface area contributed by atoms with Crippen molar-refractivity contribution in [3.8, 4) is 0 Å². The number of rotatable bonds is 6. The molecule has 0 spiro atoms. The van der Waals surface area contributed by atoms with E-state index >= 15 is 0 Å². The van der Waals surface area contributed by atoms with Crippen molar-refractivity contribution < 1.29 is 9.59 Å². The summed E-state index contributed by atoms with van der Waals surface area (Å²) in [5, 5.41) is 8.15. The Kier molecular flexibility index (Phi) is 4.11. The number of hydrogen-bond donors (Lipinski definition) is 1. The molecule has 1 N–H and O–H groups in total. The number of benzene rings is 1. The third kappa shape index (κ3) is 3.14. The summed E-state index contributed by atoms with van der Waals surface area (Å²) in [5.41, 5.74) is 3.54. The Morgan fingerprint density at radius 3 is 2.73 bits per heavy atom. The quantitative estimate of drug-likeness (QED) is 0.695. The number of aryl methyl sites for hydroxylation is 2. The molecule has 1 amide bonds. The predicted molar refractivity (Wildman–Crippen MR) is 98.8 cm³/mol. The summed E-state index contributed by atoms with van der Waals surface area (Å²) in [5.74, 6) is 0.275. The maximum Gasteiger partial charge on any atom is 0.240 e. The molecule has 1 saturated carbocycles. The molecule has 0 radical (unpaired) electrons. The minimum atomic E-state index is -0.0879. The Morgan fingerprint density at radius 1 is 1.27 bits per heavy atom. The lowest BCUT2D eigenvalue weighted by molar-refractivity contribution is -0.121. The predicted octanol–water partition coefficient (Wildman–Crippen LogP) is 2.59. The molecule has 4 rings (SSSR count). The molecule has 0 aliphatic heterocycles. The van der Waals surface area contributed by atoms with Crippen LogP contribution in [0.25, 0.3) is 10.9 Å². The lowest BCUT2D eigenvalue weighted by Gasteiger charge is -2.07. The van der Waals surface area contributed by atoms with E-state index in [9.17, 15) is 9.59 Å². The van der Waals surface area contributed by atoms with Crippen LogP contribution in [0.5, 0.6) is 0 Å². The van der Waals surface area contributed by atoms with E-state index < -0.39 is 0 Å². The van der Waals surface area contributed by atoms with Gasteiger partial charge in [-0.05, 0) is 31.9 Å². The Bertz CT molecular complexity index is 995. The van der Waals surface area contributed by atoms with E-state index in [1.165, 1.54) is 0 Å². The Hall–Kier alpha value is -2.89. The molecule has 1 aliphatic carbocycles. The van der Waals surface area contributed by atoms with Gasteiger partial charge in [-0.3, -0.25) is 14.3 Å². The minimum absolute atomic E-state index is 0.0879. The van der Waals surface area contributed by atoms with Crippen molar-refractivity contribution in [1.82, 2.24) is 19.7 Å². The number of aromatic nitrogens is 3. The van der Waals surface area contributed by atoms with Gasteiger partial charge in [0.25, 0.3) is 0 Å². The first kappa shape index (κ1) is 16.6. The average molecular weight is 350 g/mol. The Morgan fingerprint density at radius 2 is 2.04 bits per heavy atom. The molecule has 0 atom stereocenters. The normalized spacial score (nSPS) is 13.9. The van der Waals surface area contributed by atoms with E-state index in [1.54, 1.807) is 4.68 Å². The standard InChI is InChI=1S/C20H22N4O2/c1-13-9-15(23(2)22-13)10-21-19(25)12-24-11-17(20(26)14-7-8-14)16-5-3-4-6-18(16)24/h3-6,9,11,14H,7-8,10,12H2,1-2H3,(H,21,25). The SMILES string of the molecule is Cc1cc(CNC(=O)Cn2cc(C(=O)C3CC3)c3ccccc32)n(C)n1. The lowest BCUT2D eigenvalue weighted by Crippen LogP contribution is -2.27. The molecule has 1 fully saturated rings. The zero-order valence-corrected chi connectivity index (χ0v) is 15.0. The minimum Gasteiger partial charge on any atom is -0.349 e. The fourth-order valence-corrected chi connectivity index (χ4v) is 3.37. The molecular formula is C20H22N4O2. The van der Waals surface area contributed by atoms with Gasteiger partial charge in [-0.1, -0.05) is 18.2 Å². The summed E-state index contributed by atoms with van der Waals surface area (Å²) in [6, 6.07) is 9.73. The van der Waals surface area contributed by atoms with E-state index in [0.717, 1.165) is 40.7 Å². The summed E-state index contributed by atoms with van der Waals surface area (Å²) < 4.78 is 3.64. The van der Waals surface area contributed by atoms with Crippen LogP contribution in [0.4, 0.5) is 0 Å². The molecule has 1 aromatic carbocycles. The Balaban J connectivity index is 1.52. The average Bonchev–Trinajstić information content (AvgIpc) is 3.34. The number of hydrogen-bond acceptors (Lipinski definition) is 3. The molecule has 0 bridgehead atoms. The third-order valence-corrected chi connectivity index (χ3v) is 4.88. The molecule has 0 unspecified atom stereocenters. The number of ketones is 1. The summed E-state index contributed by atoms with van der Waals surface area (Å²) in [7, 11) is 1.86. The highest BCUT2D eigenvalue weighted by Crippen LogP contribution is 2.35. The topological polar surface area (TPSA) is 68.9 Å². The summed E-state index contributed by atoms with van der Waals surface area (Å²) in [4.78, 5) is 25.0. The van der Waals surface area contributed by atoms with Crippen LogP contribution in [-0.2, 0) is 24.9 Å². The maximum absolute atomic E-state index is 12.5. The maximum atomic E-state index is 12.5. The molecular weight excluding hydrogens is 328 g/mol. The molecule has 26 heavy (non-hydrogen) atoms. The van der Waals surface area contributed by atoms with Gasteiger partial charge in [0.05, 0.1) is 17.9 Å². The highest BCUT2D eigenvalue weighted by molar-refractivity contribution is 6.10. The van der Waals surface area contributed by atoms with Crippen LogP contribution in [0.2, 0.25) is 0 Å². The zero-order valence-electron chi connectivity index (χ0n) is 15.0. The fraction of sp³-hybridized carbons (Fsp3) is 0.350. The number of amides is 1. The molecule has 2 aromatic heterocycles. The Labute approximate surface area is 151 Å². The van der Waals surface area contributed by atoms with Gasteiger partial charge in [-0.15, -0.1) is 0 Å². The van der Waals surface area contributed by atoms with Gasteiger partial charge in [-0.25, -0.2) is 0 Å². The van der Waals surface area contributed by atoms with Crippen LogP contribution in [-0.4, -0.2) is 26.0 Å². The van der Waals surface area contributed by atoms with Gasteiger partial charge < -0.3 is 9.88 Å². The molecule has 1 aliphatic rings. The molecule has 3 aromatic rings. The second-order valence-corrected chi connectivity index (χ2v) is 7.00. The van der Waals surface area contributed by atoms with Crippen molar-refractivity contribution in [2.75, 3.05) is 0 Å². The third-order valence-electron chi connectivity index (χ3n) is 4.88. The molecule has 0 saturated heterocycles. The summed E-state index contributed by atoms with van der Waals surface area (Å²) in [6.07, 6.45) is 3.78. The van der Waals surface area contributed by atoms with Crippen LogP contribution < -0.4 is 5.32 Å². The van der Waals surface area contributed by atoms with Crippen LogP contribution >= 0.6 is 0 Å². The van der Waals surface area contributed by atoms with Crippen molar-refractivity contribution in [2.45, 2.75) is 32.9 Å². The van der Waals surface area contributed by atoms with Crippen LogP contribution in [0.3, 0.4) is 0 Å². The van der Waals surface area contributed by atoms with Crippen molar-refractivity contribution in [3.05, 3.63) is 53.5 Å². The number of carbonyl (C=O) groups excluding carboxylic acids is 2. The van der Waals surface area contributed by atoms with Gasteiger partial charge in [-0.2, -0.15) is 5.10 Å². The first-order valence-electron chi connectivity index (χ1n) is 8.91. The van der Waals surface area contributed by atoms with Gasteiger partial charge in [0.1, 0.15) is 6.54 Å². The molecule has 2 heterocycles. The lowest BCUT2D eigenvalue weighted by atomic mass is 10.1. The monoisotopic (exact) mass is 350 g/mol. The fourth-order valence-electron chi connectivity index (χ4n) is 3.37. The van der Waals surface area contributed by atoms with E-state index in [0.29, 0.717) is 6.54 Å². The van der Waals surface area contributed by atoms with Crippen LogP contribution in [0.15, 0.2) is 36.5 Å². The number of para-hydroxylation sites is 1. The summed E-state index contributed by atoms with van der Waals surface area (Å²) in [6.45, 7) is 2.55. The molecule has 134 valence electrons. The number of nitrogens with zero attached hydrogens (tertiary/aromatic N) is 3. The highest BCUT2D eigenvalue weighted by Gasteiger charge is 2.32. The van der Waals surface area contributed by atoms with E-state index in [1.807, 2.05) is 55.1 Å². The van der Waals surface area contributed by atoms with Gasteiger partial charge >= 0.3 is 0 Å². The number of Topliss-reactive ketones (excluding diaryl/α,β-unsaturated/α-hetero) is 1. The van der Waals surface area contributed by atoms with Gasteiger partial charge in [0.15, 0.2) is 5.78 Å². The molecule has 6 nitrogen and oxygen atoms in total. The van der Waals surface area contributed by atoms with Crippen LogP contribution in [0, 0.1) is 12.8 Å². The smallest absolute Gasteiger partial charge is 0.240 e. The van der Waals surface area contributed by atoms with Gasteiger partial charge in [0, 0.05) is 35.6 Å². The van der Waals surface area contributed by atoms with E-state index in [2.05, 4.69) is 10.4 Å². The molecule has 6 heteroatoms. The van der Waals surface area contributed by atoms with E-state index in [-0.39, 0.29) is 24.2 Å². The number of nitrogens with one attached hydrogen (secondary N) is 1. The van der Waals surface area contributed by atoms with Crippen molar-refractivity contribution in [1.29, 1.82) is 0 Å². The van der Waals surface area contributed by atoms with Crippen molar-refractivity contribution >= 4 is 22.6 Å². The second-order valence-electron chi connectivity index (χ2n) is 7.00. The first-order chi connectivity index (χ1) is 12.5. The largest absolute Gasteiger partial charge is 0.349 e.